The van der Waals surface area contributed by atoms with Crippen LogP contribution in [0.1, 0.15) is 47.5 Å². The fourth-order valence-corrected chi connectivity index (χ4v) is 2.93. The topological polar surface area (TPSA) is 103 Å². The van der Waals surface area contributed by atoms with Gasteiger partial charge in [-0.15, -0.1) is 0 Å². The summed E-state index contributed by atoms with van der Waals surface area (Å²) in [5, 5.41) is 2.88. The molecule has 8 nitrogen and oxygen atoms in total. The second-order valence-corrected chi connectivity index (χ2v) is 7.95. The number of amides is 2. The Bertz CT molecular complexity index is 507. The molecular weight excluding hydrogens is 337 g/mol. The molecule has 0 aromatic rings. The third-order valence-electron chi connectivity index (χ3n) is 5.46. The number of morpholine rings is 1. The number of nitrogens with two attached hydrogens (primary N) is 1. The Morgan fingerprint density at radius 2 is 1.69 bits per heavy atom. The molecule has 2 amide bonds. The van der Waals surface area contributed by atoms with E-state index in [1.807, 2.05) is 34.6 Å². The van der Waals surface area contributed by atoms with Crippen LogP contribution < -0.4 is 11.1 Å². The summed E-state index contributed by atoms with van der Waals surface area (Å²) in [7, 11) is -0.545. The second kappa shape index (κ2) is 8.25. The number of nitrogens with one attached hydrogen (secondary N) is 1. The van der Waals surface area contributed by atoms with Crippen LogP contribution in [0.15, 0.2) is 0 Å². The first-order chi connectivity index (χ1) is 12.1. The average Bonchev–Trinajstić information content (AvgIpc) is 2.80. The molecule has 2 aliphatic heterocycles. The Balaban J connectivity index is 1.89. The van der Waals surface area contributed by atoms with Gasteiger partial charge < -0.3 is 30.0 Å². The van der Waals surface area contributed by atoms with Gasteiger partial charge >= 0.3 is 7.12 Å². The van der Waals surface area contributed by atoms with Crippen molar-refractivity contribution in [3.05, 3.63) is 0 Å². The smallest absolute Gasteiger partial charge is 0.402 e. The van der Waals surface area contributed by atoms with E-state index in [0.29, 0.717) is 32.7 Å². The van der Waals surface area contributed by atoms with Gasteiger partial charge in [0.15, 0.2) is 0 Å². The fraction of sp³-hybridized carbons (Fsp3) is 0.882. The van der Waals surface area contributed by atoms with Crippen LogP contribution in [0.25, 0.3) is 0 Å². The SMILES string of the molecule is CC[C@H](NC(=O)[C@H](N)CC(=O)N1CCOCC1)B1OC(C)(C)C(C)(C)O1. The zero-order chi connectivity index (χ0) is 19.5. The summed E-state index contributed by atoms with van der Waals surface area (Å²) >= 11 is 0. The molecule has 0 aromatic carbocycles. The van der Waals surface area contributed by atoms with Crippen molar-refractivity contribution in [2.24, 2.45) is 5.73 Å². The van der Waals surface area contributed by atoms with E-state index in [-0.39, 0.29) is 24.2 Å². The van der Waals surface area contributed by atoms with Crippen molar-refractivity contribution < 1.29 is 23.6 Å². The molecule has 0 aliphatic carbocycles. The molecule has 9 heteroatoms. The van der Waals surface area contributed by atoms with Crippen LogP contribution in [-0.2, 0) is 23.6 Å². The summed E-state index contributed by atoms with van der Waals surface area (Å²) in [5.41, 5.74) is 5.02. The van der Waals surface area contributed by atoms with Crippen molar-refractivity contribution in [1.29, 1.82) is 0 Å². The van der Waals surface area contributed by atoms with E-state index in [1.54, 1.807) is 4.90 Å². The predicted octanol–water partition coefficient (Wildman–Crippen LogP) is 0.0888. The van der Waals surface area contributed by atoms with Gasteiger partial charge in [0.25, 0.3) is 0 Å². The summed E-state index contributed by atoms with van der Waals surface area (Å²) in [5.74, 6) is -0.819. The lowest BCUT2D eigenvalue weighted by molar-refractivity contribution is -0.137. The van der Waals surface area contributed by atoms with Gasteiger partial charge in [0.2, 0.25) is 11.8 Å². The monoisotopic (exact) mass is 369 g/mol. The van der Waals surface area contributed by atoms with Crippen LogP contribution >= 0.6 is 0 Å². The average molecular weight is 369 g/mol. The van der Waals surface area contributed by atoms with Crippen LogP contribution in [0.4, 0.5) is 0 Å². The molecule has 26 heavy (non-hydrogen) atoms. The van der Waals surface area contributed by atoms with E-state index in [1.165, 1.54) is 0 Å². The van der Waals surface area contributed by atoms with Crippen molar-refractivity contribution in [2.75, 3.05) is 26.3 Å². The van der Waals surface area contributed by atoms with Crippen molar-refractivity contribution in [3.63, 3.8) is 0 Å². The predicted molar refractivity (Wildman–Crippen MR) is 98.3 cm³/mol. The Kier molecular flexibility index (Phi) is 6.71. The maximum atomic E-state index is 12.5. The molecular formula is C17H32BN3O5. The summed E-state index contributed by atoms with van der Waals surface area (Å²) in [6, 6.07) is -0.901. The van der Waals surface area contributed by atoms with Gasteiger partial charge in [-0.1, -0.05) is 6.92 Å². The van der Waals surface area contributed by atoms with Gasteiger partial charge in [-0.3, -0.25) is 9.59 Å². The minimum atomic E-state index is -0.901. The lowest BCUT2D eigenvalue weighted by Crippen LogP contribution is -2.53. The number of carbonyl (C=O) groups excluding carboxylic acids is 2. The lowest BCUT2D eigenvalue weighted by atomic mass is 9.76. The molecule has 2 aliphatic rings. The molecule has 148 valence electrons. The molecule has 0 bridgehead atoms. The first-order valence-corrected chi connectivity index (χ1v) is 9.34. The summed E-state index contributed by atoms with van der Waals surface area (Å²) in [6.45, 7) is 11.9. The summed E-state index contributed by atoms with van der Waals surface area (Å²) < 4.78 is 17.2. The molecule has 0 aromatic heterocycles. The Morgan fingerprint density at radius 3 is 2.19 bits per heavy atom. The third kappa shape index (κ3) is 4.76. The largest absolute Gasteiger partial charge is 0.481 e. The van der Waals surface area contributed by atoms with Gasteiger partial charge in [0.1, 0.15) is 0 Å². The highest BCUT2D eigenvalue weighted by molar-refractivity contribution is 6.48. The molecule has 0 unspecified atom stereocenters. The Hall–Kier alpha value is -1.16. The van der Waals surface area contributed by atoms with Gasteiger partial charge in [0, 0.05) is 13.1 Å². The highest BCUT2D eigenvalue weighted by atomic mass is 16.7. The highest BCUT2D eigenvalue weighted by Gasteiger charge is 2.53. The maximum Gasteiger partial charge on any atom is 0.481 e. The van der Waals surface area contributed by atoms with E-state index in [4.69, 9.17) is 19.8 Å². The molecule has 0 radical (unpaired) electrons. The number of hydrogen-bond donors (Lipinski definition) is 2. The molecule has 2 rings (SSSR count). The first-order valence-electron chi connectivity index (χ1n) is 9.34. The van der Waals surface area contributed by atoms with Crippen LogP contribution in [0.2, 0.25) is 0 Å². The lowest BCUT2D eigenvalue weighted by Gasteiger charge is -2.32. The normalized spacial score (nSPS) is 24.2. The molecule has 3 N–H and O–H groups in total. The first kappa shape index (κ1) is 21.1. The number of rotatable bonds is 6. The number of ether oxygens (including phenoxy) is 1. The number of hydrogen-bond acceptors (Lipinski definition) is 6. The summed E-state index contributed by atoms with van der Waals surface area (Å²) in [6.07, 6.45) is 0.609. The van der Waals surface area contributed by atoms with Gasteiger partial charge in [-0.05, 0) is 34.1 Å². The van der Waals surface area contributed by atoms with E-state index >= 15 is 0 Å². The minimum Gasteiger partial charge on any atom is -0.402 e. The van der Waals surface area contributed by atoms with Crippen LogP contribution in [0.3, 0.4) is 0 Å². The Morgan fingerprint density at radius 1 is 1.15 bits per heavy atom. The standard InChI is InChI=1S/C17H32BN3O5/c1-6-13(18-25-16(2,3)17(4,5)26-18)20-15(23)12(19)11-14(22)21-7-9-24-10-8-21/h12-13H,6-11,19H2,1-5H3,(H,20,23)/t12-,13+/m1/s1. The fourth-order valence-electron chi connectivity index (χ4n) is 2.93. The van der Waals surface area contributed by atoms with E-state index in [2.05, 4.69) is 5.32 Å². The summed E-state index contributed by atoms with van der Waals surface area (Å²) in [4.78, 5) is 26.4. The molecule has 0 spiro atoms. The van der Waals surface area contributed by atoms with E-state index in [9.17, 15) is 9.59 Å². The second-order valence-electron chi connectivity index (χ2n) is 7.95. The van der Waals surface area contributed by atoms with Crippen molar-refractivity contribution in [2.45, 2.75) is 70.6 Å². The van der Waals surface area contributed by atoms with Crippen molar-refractivity contribution >= 4 is 18.9 Å². The van der Waals surface area contributed by atoms with Gasteiger partial charge in [0.05, 0.1) is 42.8 Å². The zero-order valence-electron chi connectivity index (χ0n) is 16.5. The maximum absolute atomic E-state index is 12.5. The molecule has 2 fully saturated rings. The van der Waals surface area contributed by atoms with Crippen LogP contribution in [0, 0.1) is 0 Å². The van der Waals surface area contributed by atoms with E-state index in [0.717, 1.165) is 0 Å². The highest BCUT2D eigenvalue weighted by Crippen LogP contribution is 2.37. The number of carbonyl (C=O) groups is 2. The van der Waals surface area contributed by atoms with Gasteiger partial charge in [-0.25, -0.2) is 0 Å². The van der Waals surface area contributed by atoms with Crippen LogP contribution in [-0.4, -0.2) is 73.3 Å². The molecule has 2 heterocycles. The van der Waals surface area contributed by atoms with Crippen molar-refractivity contribution in [1.82, 2.24) is 10.2 Å². The number of nitrogens with zero attached hydrogens (tertiary/aromatic N) is 1. The minimum absolute atomic E-state index is 0.0222. The zero-order valence-corrected chi connectivity index (χ0v) is 16.5. The Labute approximate surface area is 156 Å². The van der Waals surface area contributed by atoms with Gasteiger partial charge in [-0.2, -0.15) is 0 Å². The molecule has 2 saturated heterocycles. The third-order valence-corrected chi connectivity index (χ3v) is 5.46. The van der Waals surface area contributed by atoms with Crippen molar-refractivity contribution in [3.8, 4) is 0 Å². The van der Waals surface area contributed by atoms with E-state index < -0.39 is 24.4 Å². The molecule has 2 atom stereocenters. The quantitative estimate of drug-likeness (QED) is 0.644. The van der Waals surface area contributed by atoms with Crippen LogP contribution in [0.5, 0.6) is 0 Å². The molecule has 0 saturated carbocycles.